The fraction of sp³-hybridized carbons (Fsp3) is 0.500. The maximum atomic E-state index is 11.9. The summed E-state index contributed by atoms with van der Waals surface area (Å²) in [6, 6.07) is 1.86. The molecule has 0 unspecified atom stereocenters. The normalized spacial score (nSPS) is 12.3. The molecule has 0 bridgehead atoms. The van der Waals surface area contributed by atoms with Crippen LogP contribution in [0.4, 0.5) is 0 Å². The Labute approximate surface area is 118 Å². The van der Waals surface area contributed by atoms with Crippen LogP contribution in [0.15, 0.2) is 18.5 Å². The van der Waals surface area contributed by atoms with E-state index in [0.29, 0.717) is 6.42 Å². The van der Waals surface area contributed by atoms with Gasteiger partial charge in [0.1, 0.15) is 0 Å². The summed E-state index contributed by atoms with van der Waals surface area (Å²) in [5.74, 6) is 0.0599. The summed E-state index contributed by atoms with van der Waals surface area (Å²) in [6.07, 6.45) is 4.93. The minimum atomic E-state index is -0.0223. The van der Waals surface area contributed by atoms with Crippen LogP contribution in [-0.4, -0.2) is 25.9 Å². The molecule has 108 valence electrons. The molecular weight excluding hydrogens is 254 g/mol. The molecule has 6 heteroatoms. The van der Waals surface area contributed by atoms with E-state index in [4.69, 9.17) is 0 Å². The molecule has 0 aliphatic rings. The van der Waals surface area contributed by atoms with Gasteiger partial charge in [-0.2, -0.15) is 10.2 Å². The molecule has 2 N–H and O–H groups in total. The van der Waals surface area contributed by atoms with Gasteiger partial charge in [0.15, 0.2) is 0 Å². The Bertz CT molecular complexity index is 539. The van der Waals surface area contributed by atoms with E-state index in [1.54, 1.807) is 6.20 Å². The first-order chi connectivity index (χ1) is 9.58. The number of rotatable bonds is 6. The van der Waals surface area contributed by atoms with E-state index in [-0.39, 0.29) is 11.9 Å². The summed E-state index contributed by atoms with van der Waals surface area (Å²) >= 11 is 0. The number of nitrogens with one attached hydrogen (secondary N) is 2. The zero-order chi connectivity index (χ0) is 14.5. The molecule has 2 heterocycles. The van der Waals surface area contributed by atoms with Crippen molar-refractivity contribution in [2.24, 2.45) is 0 Å². The number of carbonyl (C=O) groups excluding carboxylic acids is 1. The highest BCUT2D eigenvalue weighted by Crippen LogP contribution is 2.18. The standard InChI is InChI=1S/C14H21N5O/c1-10(14-11(2)17-18-12(14)3)16-13(20)6-4-8-19-9-5-7-15-19/h5,7,9-10H,4,6,8H2,1-3H3,(H,16,20)(H,17,18)/t10-/m1/s1. The van der Waals surface area contributed by atoms with Crippen LogP contribution in [0.3, 0.4) is 0 Å². The Hall–Kier alpha value is -2.11. The van der Waals surface area contributed by atoms with Gasteiger partial charge in [-0.15, -0.1) is 0 Å². The Morgan fingerprint density at radius 1 is 1.50 bits per heavy atom. The van der Waals surface area contributed by atoms with E-state index >= 15 is 0 Å². The van der Waals surface area contributed by atoms with Gasteiger partial charge in [-0.3, -0.25) is 14.6 Å². The van der Waals surface area contributed by atoms with Crippen LogP contribution < -0.4 is 5.32 Å². The first kappa shape index (κ1) is 14.3. The lowest BCUT2D eigenvalue weighted by Crippen LogP contribution is -2.27. The van der Waals surface area contributed by atoms with Crippen LogP contribution in [0.1, 0.15) is 42.8 Å². The summed E-state index contributed by atoms with van der Waals surface area (Å²) < 4.78 is 1.83. The molecule has 0 radical (unpaired) electrons. The second-order valence-electron chi connectivity index (χ2n) is 5.01. The lowest BCUT2D eigenvalue weighted by molar-refractivity contribution is -0.121. The predicted molar refractivity (Wildman–Crippen MR) is 76.1 cm³/mol. The smallest absolute Gasteiger partial charge is 0.220 e. The van der Waals surface area contributed by atoms with Gasteiger partial charge in [0.2, 0.25) is 5.91 Å². The molecule has 2 aromatic heterocycles. The summed E-state index contributed by atoms with van der Waals surface area (Å²) in [4.78, 5) is 11.9. The predicted octanol–water partition coefficient (Wildman–Crippen LogP) is 1.88. The minimum Gasteiger partial charge on any atom is -0.349 e. The van der Waals surface area contributed by atoms with Gasteiger partial charge in [-0.1, -0.05) is 0 Å². The highest BCUT2D eigenvalue weighted by molar-refractivity contribution is 5.76. The molecule has 2 rings (SSSR count). The number of carbonyl (C=O) groups is 1. The van der Waals surface area contributed by atoms with Crippen LogP contribution in [-0.2, 0) is 11.3 Å². The summed E-state index contributed by atoms with van der Waals surface area (Å²) in [6.45, 7) is 6.66. The van der Waals surface area contributed by atoms with Crippen molar-refractivity contribution >= 4 is 5.91 Å². The quantitative estimate of drug-likeness (QED) is 0.845. The average Bonchev–Trinajstić information content (AvgIpc) is 2.99. The molecule has 1 amide bonds. The van der Waals surface area contributed by atoms with E-state index < -0.39 is 0 Å². The molecule has 2 aromatic rings. The number of amides is 1. The number of hydrogen-bond acceptors (Lipinski definition) is 3. The van der Waals surface area contributed by atoms with Crippen LogP contribution in [0.2, 0.25) is 0 Å². The van der Waals surface area contributed by atoms with E-state index in [0.717, 1.165) is 29.9 Å². The zero-order valence-electron chi connectivity index (χ0n) is 12.2. The number of nitrogens with zero attached hydrogens (tertiary/aromatic N) is 3. The van der Waals surface area contributed by atoms with Crippen LogP contribution >= 0.6 is 0 Å². The van der Waals surface area contributed by atoms with Gasteiger partial charge in [0, 0.05) is 36.6 Å². The highest BCUT2D eigenvalue weighted by atomic mass is 16.1. The van der Waals surface area contributed by atoms with E-state index in [1.165, 1.54) is 0 Å². The molecule has 0 saturated heterocycles. The van der Waals surface area contributed by atoms with Crippen molar-refractivity contribution in [3.8, 4) is 0 Å². The van der Waals surface area contributed by atoms with Gasteiger partial charge in [0.05, 0.1) is 11.7 Å². The number of aromatic amines is 1. The lowest BCUT2D eigenvalue weighted by atomic mass is 10.1. The Kier molecular flexibility index (Phi) is 4.55. The SMILES string of the molecule is Cc1n[nH]c(C)c1[C@@H](C)NC(=O)CCCn1cccn1. The fourth-order valence-corrected chi connectivity index (χ4v) is 2.42. The van der Waals surface area contributed by atoms with Crippen molar-refractivity contribution in [3.05, 3.63) is 35.4 Å². The Morgan fingerprint density at radius 2 is 2.30 bits per heavy atom. The number of H-pyrrole nitrogens is 1. The highest BCUT2D eigenvalue weighted by Gasteiger charge is 2.16. The maximum absolute atomic E-state index is 11.9. The first-order valence-corrected chi connectivity index (χ1v) is 6.86. The molecule has 1 atom stereocenters. The van der Waals surface area contributed by atoms with Crippen molar-refractivity contribution in [1.29, 1.82) is 0 Å². The molecule has 0 aromatic carbocycles. The van der Waals surface area contributed by atoms with Crippen molar-refractivity contribution < 1.29 is 4.79 Å². The maximum Gasteiger partial charge on any atom is 0.220 e. The third-order valence-corrected chi connectivity index (χ3v) is 3.35. The fourth-order valence-electron chi connectivity index (χ4n) is 2.42. The van der Waals surface area contributed by atoms with Gasteiger partial charge in [0.25, 0.3) is 0 Å². The van der Waals surface area contributed by atoms with Gasteiger partial charge in [-0.05, 0) is 33.3 Å². The average molecular weight is 275 g/mol. The molecule has 6 nitrogen and oxygen atoms in total. The number of hydrogen-bond donors (Lipinski definition) is 2. The van der Waals surface area contributed by atoms with Crippen molar-refractivity contribution in [3.63, 3.8) is 0 Å². The molecule has 0 aliphatic heterocycles. The molecular formula is C14H21N5O. The van der Waals surface area contributed by atoms with E-state index in [1.807, 2.05) is 37.7 Å². The molecule has 0 saturated carbocycles. The Morgan fingerprint density at radius 3 is 2.90 bits per heavy atom. The van der Waals surface area contributed by atoms with Gasteiger partial charge in [-0.25, -0.2) is 0 Å². The third-order valence-electron chi connectivity index (χ3n) is 3.35. The topological polar surface area (TPSA) is 75.6 Å². The first-order valence-electron chi connectivity index (χ1n) is 6.86. The summed E-state index contributed by atoms with van der Waals surface area (Å²) in [5.41, 5.74) is 3.02. The summed E-state index contributed by atoms with van der Waals surface area (Å²) in [5, 5.41) is 14.2. The summed E-state index contributed by atoms with van der Waals surface area (Å²) in [7, 11) is 0. The second kappa shape index (κ2) is 6.36. The molecule has 0 aliphatic carbocycles. The van der Waals surface area contributed by atoms with Crippen LogP contribution in [0.5, 0.6) is 0 Å². The Balaban J connectivity index is 1.79. The number of aromatic nitrogens is 4. The van der Waals surface area contributed by atoms with Crippen molar-refractivity contribution in [2.45, 2.75) is 46.2 Å². The van der Waals surface area contributed by atoms with Gasteiger partial charge < -0.3 is 5.32 Å². The monoisotopic (exact) mass is 275 g/mol. The molecule has 0 fully saturated rings. The van der Waals surface area contributed by atoms with Crippen LogP contribution in [0, 0.1) is 13.8 Å². The van der Waals surface area contributed by atoms with E-state index in [2.05, 4.69) is 20.6 Å². The minimum absolute atomic E-state index is 0.0223. The second-order valence-corrected chi connectivity index (χ2v) is 5.01. The lowest BCUT2D eigenvalue weighted by Gasteiger charge is -2.14. The largest absolute Gasteiger partial charge is 0.349 e. The molecule has 20 heavy (non-hydrogen) atoms. The van der Waals surface area contributed by atoms with Crippen molar-refractivity contribution in [2.75, 3.05) is 0 Å². The van der Waals surface area contributed by atoms with Crippen LogP contribution in [0.25, 0.3) is 0 Å². The van der Waals surface area contributed by atoms with E-state index in [9.17, 15) is 4.79 Å². The number of aryl methyl sites for hydroxylation is 3. The van der Waals surface area contributed by atoms with Crippen molar-refractivity contribution in [1.82, 2.24) is 25.3 Å². The zero-order valence-corrected chi connectivity index (χ0v) is 12.2. The third kappa shape index (κ3) is 3.46. The molecule has 0 spiro atoms. The van der Waals surface area contributed by atoms with Gasteiger partial charge >= 0.3 is 0 Å².